The lowest BCUT2D eigenvalue weighted by Crippen LogP contribution is -2.11. The molecule has 0 saturated heterocycles. The first-order chi connectivity index (χ1) is 18.7. The molecule has 0 rings (SSSR count). The Kier molecular flexibility index (Phi) is 31.2. The summed E-state index contributed by atoms with van der Waals surface area (Å²) < 4.78 is 4.98. The monoisotopic (exact) mass is 540 g/mol. The average Bonchev–Trinajstić information content (AvgIpc) is 2.92. The maximum Gasteiger partial charge on any atom is 0.342 e. The van der Waals surface area contributed by atoms with E-state index in [2.05, 4.69) is 13.8 Å². The molecule has 0 aromatic heterocycles. The lowest BCUT2D eigenvalue weighted by molar-refractivity contribution is -0.305. The lowest BCUT2D eigenvalue weighted by Gasteiger charge is -2.06. The average molecular weight is 541 g/mol. The molecule has 0 aliphatic heterocycles. The molecule has 0 heterocycles. The molecule has 0 radical (unpaired) electrons. The van der Waals surface area contributed by atoms with Gasteiger partial charge in [0.25, 0.3) is 0 Å². The van der Waals surface area contributed by atoms with Crippen LogP contribution in [-0.2, 0) is 24.1 Å². The van der Waals surface area contributed by atoms with Crippen LogP contribution in [-0.4, -0.2) is 18.7 Å². The van der Waals surface area contributed by atoms with Gasteiger partial charge in [-0.1, -0.05) is 168 Å². The summed E-state index contributed by atoms with van der Waals surface area (Å²) in [6.45, 7) is 4.21. The number of ether oxygens (including phenoxy) is 1. The zero-order valence-corrected chi connectivity index (χ0v) is 25.5. The molecule has 0 aromatic rings. The van der Waals surface area contributed by atoms with E-state index in [0.717, 1.165) is 25.7 Å². The molecule has 0 saturated carbocycles. The Balaban J connectivity index is 3.27. The van der Waals surface area contributed by atoms with Crippen molar-refractivity contribution < 1.29 is 24.1 Å². The van der Waals surface area contributed by atoms with E-state index in [1.54, 1.807) is 0 Å². The third-order valence-corrected chi connectivity index (χ3v) is 7.39. The molecule has 0 N–H and O–H groups in total. The van der Waals surface area contributed by atoms with E-state index in [1.165, 1.54) is 141 Å². The van der Waals surface area contributed by atoms with Gasteiger partial charge in [0.2, 0.25) is 6.79 Å². The third-order valence-electron chi connectivity index (χ3n) is 7.39. The fourth-order valence-electron chi connectivity index (χ4n) is 4.87. The summed E-state index contributed by atoms with van der Waals surface area (Å²) in [6.07, 6.45) is 33.9. The molecular weight excluding hydrogens is 476 g/mol. The largest absolute Gasteiger partial charge is 0.434 e. The van der Waals surface area contributed by atoms with Gasteiger partial charge in [0.1, 0.15) is 0 Å². The molecule has 5 heteroatoms. The summed E-state index contributed by atoms with van der Waals surface area (Å²) in [5, 5.41) is 0. The van der Waals surface area contributed by atoms with Crippen LogP contribution in [0.25, 0.3) is 0 Å². The molecule has 226 valence electrons. The van der Waals surface area contributed by atoms with Gasteiger partial charge < -0.3 is 4.74 Å². The topological polar surface area (TPSA) is 61.8 Å². The Bertz CT molecular complexity index is 450. The molecule has 0 atom stereocenters. The number of carbonyl (C=O) groups is 2. The van der Waals surface area contributed by atoms with E-state index in [0.29, 0.717) is 12.8 Å². The second-order valence-corrected chi connectivity index (χ2v) is 11.2. The molecule has 38 heavy (non-hydrogen) atoms. The number of unbranched alkanes of at least 4 members (excludes halogenated alkanes) is 24. The van der Waals surface area contributed by atoms with Crippen molar-refractivity contribution in [2.45, 2.75) is 194 Å². The van der Waals surface area contributed by atoms with Gasteiger partial charge in [-0.05, 0) is 12.8 Å². The molecule has 0 aliphatic carbocycles. The van der Waals surface area contributed by atoms with Gasteiger partial charge in [-0.25, -0.2) is 4.79 Å². The predicted octanol–water partition coefficient (Wildman–Crippen LogP) is 10.9. The summed E-state index contributed by atoms with van der Waals surface area (Å²) in [5.74, 6) is -0.679. The SMILES string of the molecule is CCCCCCCCCCCCCCCC(=O)OCOOC(=O)CCCCCCCCCCCCCCC. The normalized spacial score (nSPS) is 11.1. The molecule has 0 amide bonds. The second-order valence-electron chi connectivity index (χ2n) is 11.2. The van der Waals surface area contributed by atoms with Crippen LogP contribution in [0.5, 0.6) is 0 Å². The first-order valence-electron chi connectivity index (χ1n) is 16.7. The molecule has 0 bridgehead atoms. The highest BCUT2D eigenvalue weighted by atomic mass is 17.2. The summed E-state index contributed by atoms with van der Waals surface area (Å²) in [7, 11) is 0. The van der Waals surface area contributed by atoms with Gasteiger partial charge in [0.05, 0.1) is 0 Å². The Morgan fingerprint density at radius 3 is 1.03 bits per heavy atom. The summed E-state index contributed by atoms with van der Waals surface area (Å²) in [6, 6.07) is 0. The van der Waals surface area contributed by atoms with Crippen molar-refractivity contribution in [3.63, 3.8) is 0 Å². The van der Waals surface area contributed by atoms with Crippen LogP contribution in [0.15, 0.2) is 0 Å². The van der Waals surface area contributed by atoms with Gasteiger partial charge in [0, 0.05) is 12.8 Å². The van der Waals surface area contributed by atoms with Crippen molar-refractivity contribution in [2.24, 2.45) is 0 Å². The van der Waals surface area contributed by atoms with Crippen molar-refractivity contribution in [3.05, 3.63) is 0 Å². The highest BCUT2D eigenvalue weighted by Gasteiger charge is 2.06. The van der Waals surface area contributed by atoms with Gasteiger partial charge in [-0.3, -0.25) is 9.68 Å². The van der Waals surface area contributed by atoms with Crippen molar-refractivity contribution in [1.29, 1.82) is 0 Å². The lowest BCUT2D eigenvalue weighted by atomic mass is 10.0. The van der Waals surface area contributed by atoms with Crippen LogP contribution >= 0.6 is 0 Å². The Labute approximate surface area is 236 Å². The van der Waals surface area contributed by atoms with Crippen LogP contribution in [0.4, 0.5) is 0 Å². The van der Waals surface area contributed by atoms with E-state index in [-0.39, 0.29) is 18.7 Å². The van der Waals surface area contributed by atoms with Crippen LogP contribution in [0.1, 0.15) is 194 Å². The maximum absolute atomic E-state index is 11.8. The minimum absolute atomic E-state index is 0.291. The molecule has 0 aromatic carbocycles. The van der Waals surface area contributed by atoms with Crippen molar-refractivity contribution in [3.8, 4) is 0 Å². The van der Waals surface area contributed by atoms with Gasteiger partial charge in [0.15, 0.2) is 0 Å². The fraction of sp³-hybridized carbons (Fsp3) is 0.939. The molecule has 0 spiro atoms. The van der Waals surface area contributed by atoms with Crippen LogP contribution < -0.4 is 0 Å². The molecular formula is C33H64O5. The van der Waals surface area contributed by atoms with Gasteiger partial charge in [-0.2, -0.15) is 0 Å². The van der Waals surface area contributed by atoms with Crippen LogP contribution in [0.2, 0.25) is 0 Å². The maximum atomic E-state index is 11.8. The molecule has 5 nitrogen and oxygen atoms in total. The van der Waals surface area contributed by atoms with Crippen molar-refractivity contribution in [1.82, 2.24) is 0 Å². The first kappa shape index (κ1) is 36.9. The number of hydrogen-bond donors (Lipinski definition) is 0. The fourth-order valence-corrected chi connectivity index (χ4v) is 4.87. The Morgan fingerprint density at radius 1 is 0.395 bits per heavy atom. The van der Waals surface area contributed by atoms with E-state index in [4.69, 9.17) is 14.5 Å². The Morgan fingerprint density at radius 2 is 0.684 bits per heavy atom. The number of rotatable bonds is 31. The second kappa shape index (κ2) is 32.1. The third kappa shape index (κ3) is 31.1. The standard InChI is InChI=1S/C33H64O5/c1-3-5-7-9-11-13-15-17-19-21-23-25-27-29-32(34)36-31-37-38-33(35)30-28-26-24-22-20-18-16-14-12-10-8-6-4-2/h3-31H2,1-2H3. The first-order valence-corrected chi connectivity index (χ1v) is 16.7. The smallest absolute Gasteiger partial charge is 0.342 e. The minimum Gasteiger partial charge on any atom is -0.434 e. The zero-order chi connectivity index (χ0) is 27.8. The summed E-state index contributed by atoms with van der Waals surface area (Å²) in [4.78, 5) is 32.9. The highest BCUT2D eigenvalue weighted by molar-refractivity contribution is 5.69. The quantitative estimate of drug-likeness (QED) is 0.0288. The van der Waals surface area contributed by atoms with E-state index < -0.39 is 0 Å². The van der Waals surface area contributed by atoms with Crippen LogP contribution in [0.3, 0.4) is 0 Å². The summed E-state index contributed by atoms with van der Waals surface area (Å²) in [5.41, 5.74) is 0. The minimum atomic E-state index is -0.388. The zero-order valence-electron chi connectivity index (χ0n) is 25.5. The highest BCUT2D eigenvalue weighted by Crippen LogP contribution is 2.14. The number of esters is 1. The van der Waals surface area contributed by atoms with Gasteiger partial charge >= 0.3 is 11.9 Å². The number of carbonyl (C=O) groups excluding carboxylic acids is 2. The Hall–Kier alpha value is -1.10. The predicted molar refractivity (Wildman–Crippen MR) is 159 cm³/mol. The van der Waals surface area contributed by atoms with E-state index in [1.807, 2.05) is 0 Å². The van der Waals surface area contributed by atoms with E-state index >= 15 is 0 Å². The summed E-state index contributed by atoms with van der Waals surface area (Å²) >= 11 is 0. The number of hydrogen-bond acceptors (Lipinski definition) is 5. The molecule has 0 aliphatic rings. The van der Waals surface area contributed by atoms with E-state index in [9.17, 15) is 9.59 Å². The van der Waals surface area contributed by atoms with Crippen molar-refractivity contribution >= 4 is 11.9 Å². The molecule has 0 unspecified atom stereocenters. The van der Waals surface area contributed by atoms with Crippen LogP contribution in [0, 0.1) is 0 Å². The molecule has 0 fully saturated rings. The van der Waals surface area contributed by atoms with Crippen molar-refractivity contribution in [2.75, 3.05) is 6.79 Å². The van der Waals surface area contributed by atoms with Gasteiger partial charge in [-0.15, -0.1) is 4.89 Å².